The van der Waals surface area contributed by atoms with Gasteiger partial charge in [0.05, 0.1) is 5.92 Å². The first-order valence-corrected chi connectivity index (χ1v) is 9.39. The number of carboxylic acids is 1. The quantitative estimate of drug-likeness (QED) is 0.339. The normalized spacial score (nSPS) is 17.7. The van der Waals surface area contributed by atoms with Crippen molar-refractivity contribution in [2.24, 2.45) is 11.3 Å². The molecule has 1 unspecified atom stereocenters. The first-order valence-electron chi connectivity index (χ1n) is 9.39. The zero-order valence-electron chi connectivity index (χ0n) is 15.0. The number of aliphatic carboxylic acids is 1. The van der Waals surface area contributed by atoms with Gasteiger partial charge in [0.2, 0.25) is 0 Å². The molecule has 0 aliphatic heterocycles. The summed E-state index contributed by atoms with van der Waals surface area (Å²) in [6.45, 7) is 4.15. The highest BCUT2D eigenvalue weighted by Gasteiger charge is 2.21. The Labute approximate surface area is 142 Å². The number of allylic oxidation sites excluding steroid dienone is 6. The van der Waals surface area contributed by atoms with Crippen LogP contribution < -0.4 is 0 Å². The molecule has 0 radical (unpaired) electrons. The summed E-state index contributed by atoms with van der Waals surface area (Å²) in [7, 11) is 0. The van der Waals surface area contributed by atoms with E-state index >= 15 is 0 Å². The van der Waals surface area contributed by atoms with Crippen LogP contribution in [0, 0.1) is 11.3 Å². The molecule has 0 bridgehead atoms. The molecule has 1 rings (SSSR count). The van der Waals surface area contributed by atoms with Crippen LogP contribution in [0.2, 0.25) is 0 Å². The minimum Gasteiger partial charge on any atom is -0.481 e. The summed E-state index contributed by atoms with van der Waals surface area (Å²) in [5.74, 6) is -0.775. The fraction of sp³-hybridized carbons (Fsp3) is 0.667. The van der Waals surface area contributed by atoms with Crippen LogP contribution in [0.15, 0.2) is 36.5 Å². The van der Waals surface area contributed by atoms with E-state index in [2.05, 4.69) is 43.4 Å². The van der Waals surface area contributed by atoms with E-state index in [1.807, 2.05) is 6.92 Å². The predicted octanol–water partition coefficient (Wildman–Crippen LogP) is 6.30. The monoisotopic (exact) mass is 318 g/mol. The standard InChI is InChI=1S/C21H34O2/c1-3-5-15-21(17-12-9-13-18-21)16-11-8-6-7-10-14-19(4-2)20(22)23/h5,12-13,15,17-19H,3-4,6-11,14,16H2,1-2H3,(H,22,23)/b15-5-. The molecular formula is C21H34O2. The predicted molar refractivity (Wildman–Crippen MR) is 98.5 cm³/mol. The summed E-state index contributed by atoms with van der Waals surface area (Å²) in [5.41, 5.74) is 0.144. The van der Waals surface area contributed by atoms with Gasteiger partial charge >= 0.3 is 5.97 Å². The van der Waals surface area contributed by atoms with Gasteiger partial charge in [-0.05, 0) is 32.1 Å². The van der Waals surface area contributed by atoms with Crippen LogP contribution in [-0.2, 0) is 4.79 Å². The fourth-order valence-electron chi connectivity index (χ4n) is 3.26. The molecule has 0 aromatic rings. The molecule has 130 valence electrons. The van der Waals surface area contributed by atoms with Crippen molar-refractivity contribution in [3.8, 4) is 0 Å². The second-order valence-corrected chi connectivity index (χ2v) is 6.71. The summed E-state index contributed by atoms with van der Waals surface area (Å²) >= 11 is 0. The third-order valence-electron chi connectivity index (χ3n) is 4.80. The highest BCUT2D eigenvalue weighted by atomic mass is 16.4. The number of hydrogen-bond acceptors (Lipinski definition) is 1. The minimum absolute atomic E-state index is 0.144. The minimum atomic E-state index is -0.631. The molecule has 1 N–H and O–H groups in total. The van der Waals surface area contributed by atoms with Gasteiger partial charge in [-0.1, -0.05) is 82.4 Å². The number of carbonyl (C=O) groups is 1. The Balaban J connectivity index is 2.21. The molecule has 0 heterocycles. The van der Waals surface area contributed by atoms with E-state index in [-0.39, 0.29) is 11.3 Å². The number of unbranched alkanes of at least 4 members (excludes halogenated alkanes) is 4. The SMILES string of the molecule is CC/C=C\C1(CCCCCCCC(CC)C(=O)O)C=CCC=C1. The third-order valence-corrected chi connectivity index (χ3v) is 4.80. The first kappa shape index (κ1) is 19.7. The summed E-state index contributed by atoms with van der Waals surface area (Å²) in [6.07, 6.45) is 24.7. The molecule has 2 heteroatoms. The van der Waals surface area contributed by atoms with E-state index in [0.29, 0.717) is 0 Å². The van der Waals surface area contributed by atoms with Gasteiger partial charge in [0.1, 0.15) is 0 Å². The Bertz CT molecular complexity index is 406. The Kier molecular flexibility index (Phi) is 9.66. The Morgan fingerprint density at radius 3 is 2.39 bits per heavy atom. The number of carboxylic acid groups (broad SMARTS) is 1. The Hall–Kier alpha value is -1.31. The van der Waals surface area contributed by atoms with Crippen molar-refractivity contribution in [2.45, 2.75) is 78.1 Å². The van der Waals surface area contributed by atoms with Crippen molar-refractivity contribution < 1.29 is 9.90 Å². The summed E-state index contributed by atoms with van der Waals surface area (Å²) in [6, 6.07) is 0. The van der Waals surface area contributed by atoms with Gasteiger partial charge in [-0.25, -0.2) is 0 Å². The fourth-order valence-corrected chi connectivity index (χ4v) is 3.26. The lowest BCUT2D eigenvalue weighted by molar-refractivity contribution is -0.142. The maximum Gasteiger partial charge on any atom is 0.306 e. The van der Waals surface area contributed by atoms with E-state index in [0.717, 1.165) is 38.5 Å². The van der Waals surface area contributed by atoms with E-state index < -0.39 is 5.97 Å². The average Bonchev–Trinajstić information content (AvgIpc) is 2.56. The van der Waals surface area contributed by atoms with Crippen molar-refractivity contribution in [2.75, 3.05) is 0 Å². The highest BCUT2D eigenvalue weighted by Crippen LogP contribution is 2.33. The molecule has 1 atom stereocenters. The van der Waals surface area contributed by atoms with Crippen molar-refractivity contribution >= 4 is 5.97 Å². The van der Waals surface area contributed by atoms with Crippen molar-refractivity contribution in [1.29, 1.82) is 0 Å². The molecule has 0 saturated carbocycles. The van der Waals surface area contributed by atoms with Gasteiger partial charge in [0, 0.05) is 5.41 Å². The van der Waals surface area contributed by atoms with Crippen LogP contribution in [0.5, 0.6) is 0 Å². The lowest BCUT2D eigenvalue weighted by atomic mass is 9.79. The molecule has 0 amide bonds. The summed E-state index contributed by atoms with van der Waals surface area (Å²) < 4.78 is 0. The second kappa shape index (κ2) is 11.3. The number of rotatable bonds is 12. The van der Waals surface area contributed by atoms with E-state index in [1.54, 1.807) is 0 Å². The molecule has 0 saturated heterocycles. The highest BCUT2D eigenvalue weighted by molar-refractivity contribution is 5.69. The molecule has 1 aliphatic carbocycles. The van der Waals surface area contributed by atoms with Gasteiger partial charge in [-0.15, -0.1) is 0 Å². The molecule has 1 aliphatic rings. The van der Waals surface area contributed by atoms with Crippen LogP contribution in [0.4, 0.5) is 0 Å². The van der Waals surface area contributed by atoms with Gasteiger partial charge in [0.25, 0.3) is 0 Å². The van der Waals surface area contributed by atoms with Gasteiger partial charge in [-0.3, -0.25) is 4.79 Å². The van der Waals surface area contributed by atoms with E-state index in [9.17, 15) is 4.79 Å². The van der Waals surface area contributed by atoms with Crippen molar-refractivity contribution in [1.82, 2.24) is 0 Å². The van der Waals surface area contributed by atoms with Crippen molar-refractivity contribution in [3.63, 3.8) is 0 Å². The van der Waals surface area contributed by atoms with Gasteiger partial charge in [0.15, 0.2) is 0 Å². The topological polar surface area (TPSA) is 37.3 Å². The molecule has 0 fully saturated rings. The van der Waals surface area contributed by atoms with Crippen molar-refractivity contribution in [3.05, 3.63) is 36.5 Å². The largest absolute Gasteiger partial charge is 0.481 e. The Morgan fingerprint density at radius 2 is 1.78 bits per heavy atom. The zero-order chi connectivity index (χ0) is 17.0. The number of hydrogen-bond donors (Lipinski definition) is 1. The maximum absolute atomic E-state index is 11.0. The van der Waals surface area contributed by atoms with E-state index in [4.69, 9.17) is 5.11 Å². The average molecular weight is 319 g/mol. The molecule has 23 heavy (non-hydrogen) atoms. The lowest BCUT2D eigenvalue weighted by Crippen LogP contribution is -2.13. The van der Waals surface area contributed by atoms with Crippen LogP contribution in [0.3, 0.4) is 0 Å². The lowest BCUT2D eigenvalue weighted by Gasteiger charge is -2.26. The third kappa shape index (κ3) is 7.67. The van der Waals surface area contributed by atoms with Gasteiger partial charge < -0.3 is 5.11 Å². The molecule has 0 aromatic heterocycles. The maximum atomic E-state index is 11.0. The molecule has 0 aromatic carbocycles. The van der Waals surface area contributed by atoms with Crippen LogP contribution in [-0.4, -0.2) is 11.1 Å². The van der Waals surface area contributed by atoms with Crippen LogP contribution in [0.1, 0.15) is 78.1 Å². The Morgan fingerprint density at radius 1 is 1.13 bits per heavy atom. The molecule has 0 spiro atoms. The smallest absolute Gasteiger partial charge is 0.306 e. The van der Waals surface area contributed by atoms with Gasteiger partial charge in [-0.2, -0.15) is 0 Å². The zero-order valence-corrected chi connectivity index (χ0v) is 15.0. The summed E-state index contributed by atoms with van der Waals surface area (Å²) in [5, 5.41) is 9.04. The summed E-state index contributed by atoms with van der Waals surface area (Å²) in [4.78, 5) is 11.0. The molecular weight excluding hydrogens is 284 g/mol. The first-order chi connectivity index (χ1) is 11.1. The second-order valence-electron chi connectivity index (χ2n) is 6.71. The van der Waals surface area contributed by atoms with Crippen LogP contribution in [0.25, 0.3) is 0 Å². The van der Waals surface area contributed by atoms with Crippen LogP contribution >= 0.6 is 0 Å². The molecule has 2 nitrogen and oxygen atoms in total. The van der Waals surface area contributed by atoms with E-state index in [1.165, 1.54) is 25.7 Å².